The maximum atomic E-state index is 12.5. The number of anilines is 2. The molecule has 0 spiro atoms. The van der Waals surface area contributed by atoms with Crippen LogP contribution in [-0.4, -0.2) is 48.5 Å². The highest BCUT2D eigenvalue weighted by molar-refractivity contribution is 5.91. The van der Waals surface area contributed by atoms with E-state index in [4.69, 9.17) is 4.42 Å². The Morgan fingerprint density at radius 3 is 2.41 bits per heavy atom. The van der Waals surface area contributed by atoms with Crippen LogP contribution in [0.2, 0.25) is 0 Å². The normalized spacial score (nSPS) is 16.1. The lowest BCUT2D eigenvalue weighted by molar-refractivity contribution is -0.384. The Hall–Kier alpha value is -3.81. The molecular weight excluding hydrogens is 408 g/mol. The van der Waals surface area contributed by atoms with E-state index in [1.54, 1.807) is 23.1 Å². The Balaban J connectivity index is 1.35. The number of furan rings is 1. The Bertz CT molecular complexity index is 1140. The molecule has 0 saturated carbocycles. The molecule has 164 valence electrons. The minimum atomic E-state index is -0.306. The smallest absolute Gasteiger partial charge is 0.292 e. The molecule has 0 radical (unpaired) electrons. The molecule has 5 rings (SSSR count). The lowest BCUT2D eigenvalue weighted by Gasteiger charge is -2.36. The summed E-state index contributed by atoms with van der Waals surface area (Å²) in [5, 5.41) is 11.7. The second-order valence-corrected chi connectivity index (χ2v) is 8.13. The van der Waals surface area contributed by atoms with Gasteiger partial charge in [-0.25, -0.2) is 0 Å². The molecule has 2 aliphatic rings. The zero-order valence-corrected chi connectivity index (χ0v) is 17.6. The minimum absolute atomic E-state index is 0.106. The van der Waals surface area contributed by atoms with Gasteiger partial charge in [0.1, 0.15) is 5.69 Å². The van der Waals surface area contributed by atoms with Gasteiger partial charge in [0.15, 0.2) is 5.76 Å². The van der Waals surface area contributed by atoms with Gasteiger partial charge >= 0.3 is 0 Å². The zero-order valence-electron chi connectivity index (χ0n) is 17.6. The van der Waals surface area contributed by atoms with Gasteiger partial charge < -0.3 is 19.1 Å². The third-order valence-corrected chi connectivity index (χ3v) is 6.29. The number of hydrogen-bond donors (Lipinski definition) is 0. The first-order valence-corrected chi connectivity index (χ1v) is 10.8. The summed E-state index contributed by atoms with van der Waals surface area (Å²) in [5.41, 5.74) is 4.23. The first-order chi connectivity index (χ1) is 15.6. The van der Waals surface area contributed by atoms with Gasteiger partial charge in [-0.05, 0) is 41.8 Å². The summed E-state index contributed by atoms with van der Waals surface area (Å²) in [6, 6.07) is 17.0. The number of piperazine rings is 1. The average Bonchev–Trinajstić information content (AvgIpc) is 3.38. The molecule has 1 fully saturated rings. The van der Waals surface area contributed by atoms with Crippen LogP contribution < -0.4 is 9.80 Å². The van der Waals surface area contributed by atoms with E-state index in [0.29, 0.717) is 44.2 Å². The molecule has 0 unspecified atom stereocenters. The number of nitrogens with zero attached hydrogens (tertiary/aromatic N) is 4. The molecule has 3 aromatic rings. The van der Waals surface area contributed by atoms with Crippen LogP contribution >= 0.6 is 0 Å². The Morgan fingerprint density at radius 2 is 1.69 bits per heavy atom. The lowest BCUT2D eigenvalue weighted by Crippen LogP contribution is -2.48. The molecule has 0 N–H and O–H groups in total. The van der Waals surface area contributed by atoms with Crippen molar-refractivity contribution in [2.75, 3.05) is 42.5 Å². The SMILES string of the molecule is O=C(c1ccco1)N1CCN(c2ccc([N+](=O)[O-])c(N3CCc4ccccc4C3)c2)CC1. The van der Waals surface area contributed by atoms with Gasteiger partial charge in [0, 0.05) is 51.0 Å². The predicted octanol–water partition coefficient (Wildman–Crippen LogP) is 3.71. The van der Waals surface area contributed by atoms with Crippen molar-refractivity contribution in [1.82, 2.24) is 4.90 Å². The molecule has 3 heterocycles. The Labute approximate surface area is 185 Å². The van der Waals surface area contributed by atoms with Gasteiger partial charge in [-0.2, -0.15) is 0 Å². The van der Waals surface area contributed by atoms with E-state index in [1.807, 2.05) is 24.3 Å². The number of hydrogen-bond acceptors (Lipinski definition) is 6. The zero-order chi connectivity index (χ0) is 22.1. The van der Waals surface area contributed by atoms with Crippen molar-refractivity contribution in [2.24, 2.45) is 0 Å². The number of nitro groups is 1. The Morgan fingerprint density at radius 1 is 0.906 bits per heavy atom. The van der Waals surface area contributed by atoms with Crippen molar-refractivity contribution in [3.8, 4) is 0 Å². The molecule has 8 nitrogen and oxygen atoms in total. The van der Waals surface area contributed by atoms with E-state index >= 15 is 0 Å². The second kappa shape index (κ2) is 8.37. The maximum absolute atomic E-state index is 12.5. The van der Waals surface area contributed by atoms with Crippen molar-refractivity contribution in [3.05, 3.63) is 87.9 Å². The molecule has 2 aliphatic heterocycles. The lowest BCUT2D eigenvalue weighted by atomic mass is 9.99. The summed E-state index contributed by atoms with van der Waals surface area (Å²) in [5.74, 6) is 0.243. The van der Waals surface area contributed by atoms with Gasteiger partial charge in [0.05, 0.1) is 11.2 Å². The summed E-state index contributed by atoms with van der Waals surface area (Å²) in [6.07, 6.45) is 2.37. The highest BCUT2D eigenvalue weighted by Gasteiger charge is 2.27. The number of benzene rings is 2. The summed E-state index contributed by atoms with van der Waals surface area (Å²) in [7, 11) is 0. The average molecular weight is 432 g/mol. The molecule has 0 aliphatic carbocycles. The van der Waals surface area contributed by atoms with Crippen molar-refractivity contribution in [2.45, 2.75) is 13.0 Å². The maximum Gasteiger partial charge on any atom is 0.292 e. The highest BCUT2D eigenvalue weighted by Crippen LogP contribution is 2.35. The van der Waals surface area contributed by atoms with Gasteiger partial charge in [-0.15, -0.1) is 0 Å². The molecule has 2 aromatic carbocycles. The fourth-order valence-corrected chi connectivity index (χ4v) is 4.54. The number of carbonyl (C=O) groups excluding carboxylic acids is 1. The summed E-state index contributed by atoms with van der Waals surface area (Å²) in [6.45, 7) is 3.86. The summed E-state index contributed by atoms with van der Waals surface area (Å²) >= 11 is 0. The van der Waals surface area contributed by atoms with Crippen LogP contribution in [0.4, 0.5) is 17.1 Å². The molecular formula is C24H24N4O4. The minimum Gasteiger partial charge on any atom is -0.459 e. The van der Waals surface area contributed by atoms with E-state index in [0.717, 1.165) is 18.7 Å². The van der Waals surface area contributed by atoms with Gasteiger partial charge in [-0.1, -0.05) is 24.3 Å². The first-order valence-electron chi connectivity index (χ1n) is 10.8. The monoisotopic (exact) mass is 432 g/mol. The second-order valence-electron chi connectivity index (χ2n) is 8.13. The predicted molar refractivity (Wildman–Crippen MR) is 121 cm³/mol. The third kappa shape index (κ3) is 3.79. The van der Waals surface area contributed by atoms with E-state index in [-0.39, 0.29) is 16.5 Å². The fraction of sp³-hybridized carbons (Fsp3) is 0.292. The topological polar surface area (TPSA) is 83.1 Å². The summed E-state index contributed by atoms with van der Waals surface area (Å²) in [4.78, 5) is 30.0. The van der Waals surface area contributed by atoms with Crippen LogP contribution in [0, 0.1) is 10.1 Å². The van der Waals surface area contributed by atoms with Crippen LogP contribution in [0.3, 0.4) is 0 Å². The van der Waals surface area contributed by atoms with Crippen molar-refractivity contribution < 1.29 is 14.1 Å². The van der Waals surface area contributed by atoms with Gasteiger partial charge in [0.2, 0.25) is 0 Å². The molecule has 0 bridgehead atoms. The quantitative estimate of drug-likeness (QED) is 0.462. The van der Waals surface area contributed by atoms with Crippen LogP contribution in [-0.2, 0) is 13.0 Å². The van der Waals surface area contributed by atoms with Crippen molar-refractivity contribution >= 4 is 23.0 Å². The number of rotatable bonds is 4. The molecule has 1 aromatic heterocycles. The van der Waals surface area contributed by atoms with E-state index < -0.39 is 0 Å². The van der Waals surface area contributed by atoms with Crippen molar-refractivity contribution in [1.29, 1.82) is 0 Å². The van der Waals surface area contributed by atoms with E-state index in [2.05, 4.69) is 21.9 Å². The van der Waals surface area contributed by atoms with Crippen LogP contribution in [0.15, 0.2) is 65.3 Å². The standard InChI is InChI=1S/C24H24N4O4/c29-24(23-6-3-15-32-23)26-13-11-25(12-14-26)20-7-8-21(28(30)31)22(16-20)27-10-9-18-4-1-2-5-19(18)17-27/h1-8,15-16H,9-14,17H2. The molecule has 1 saturated heterocycles. The van der Waals surface area contributed by atoms with Crippen LogP contribution in [0.5, 0.6) is 0 Å². The fourth-order valence-electron chi connectivity index (χ4n) is 4.54. The molecule has 0 atom stereocenters. The Kier molecular flexibility index (Phi) is 5.26. The van der Waals surface area contributed by atoms with E-state index in [9.17, 15) is 14.9 Å². The largest absolute Gasteiger partial charge is 0.459 e. The van der Waals surface area contributed by atoms with Gasteiger partial charge in [0.25, 0.3) is 11.6 Å². The molecule has 32 heavy (non-hydrogen) atoms. The number of fused-ring (bicyclic) bond motifs is 1. The third-order valence-electron chi connectivity index (χ3n) is 6.29. The molecule has 1 amide bonds. The number of carbonyl (C=O) groups is 1. The van der Waals surface area contributed by atoms with Crippen molar-refractivity contribution in [3.63, 3.8) is 0 Å². The molecule has 8 heteroatoms. The van der Waals surface area contributed by atoms with E-state index in [1.165, 1.54) is 17.4 Å². The number of amides is 1. The first kappa shape index (κ1) is 20.1. The van der Waals surface area contributed by atoms with Gasteiger partial charge in [-0.3, -0.25) is 14.9 Å². The number of nitro benzene ring substituents is 1. The van der Waals surface area contributed by atoms with Crippen LogP contribution in [0.1, 0.15) is 21.7 Å². The summed E-state index contributed by atoms with van der Waals surface area (Å²) < 4.78 is 5.23. The highest BCUT2D eigenvalue weighted by atomic mass is 16.6. The van der Waals surface area contributed by atoms with Crippen LogP contribution in [0.25, 0.3) is 0 Å².